The van der Waals surface area contributed by atoms with Crippen molar-refractivity contribution in [2.24, 2.45) is 0 Å². The number of carbonyl (C=O) groups excluding carboxylic acids is 1. The van der Waals surface area contributed by atoms with E-state index in [1.165, 1.54) is 5.56 Å². The van der Waals surface area contributed by atoms with Crippen molar-refractivity contribution in [2.45, 2.75) is 69.9 Å². The molecule has 1 amide bonds. The van der Waals surface area contributed by atoms with E-state index in [1.807, 2.05) is 18.2 Å². The van der Waals surface area contributed by atoms with Crippen LogP contribution < -0.4 is 10.1 Å². The minimum Gasteiger partial charge on any atom is -0.487 e. The van der Waals surface area contributed by atoms with Gasteiger partial charge in [-0.15, -0.1) is 0 Å². The first kappa shape index (κ1) is 18.1. The Balaban J connectivity index is 1.66. The van der Waals surface area contributed by atoms with E-state index in [9.17, 15) is 4.79 Å². The summed E-state index contributed by atoms with van der Waals surface area (Å²) in [5.74, 6) is 1.07. The Morgan fingerprint density at radius 1 is 1.07 bits per heavy atom. The first-order chi connectivity index (χ1) is 12.9. The van der Waals surface area contributed by atoms with Crippen LogP contribution in [0.25, 0.3) is 0 Å². The zero-order valence-corrected chi connectivity index (χ0v) is 16.5. The second kappa shape index (κ2) is 6.70. The molecule has 142 valence electrons. The summed E-state index contributed by atoms with van der Waals surface area (Å²) in [5.41, 5.74) is 2.72. The number of carbonyl (C=O) groups is 1. The second-order valence-corrected chi connectivity index (χ2v) is 8.79. The quantitative estimate of drug-likeness (QED) is 0.811. The lowest BCUT2D eigenvalue weighted by molar-refractivity contribution is -0.128. The number of amides is 1. The van der Waals surface area contributed by atoms with Gasteiger partial charge >= 0.3 is 0 Å². The maximum absolute atomic E-state index is 13.6. The molecule has 0 saturated heterocycles. The first-order valence-electron chi connectivity index (χ1n) is 10.1. The van der Waals surface area contributed by atoms with Gasteiger partial charge in [-0.1, -0.05) is 55.3 Å². The highest BCUT2D eigenvalue weighted by Gasteiger charge is 2.44. The van der Waals surface area contributed by atoms with Crippen LogP contribution in [0.3, 0.4) is 0 Å². The van der Waals surface area contributed by atoms with E-state index < -0.39 is 5.41 Å². The van der Waals surface area contributed by atoms with Gasteiger partial charge in [0.2, 0.25) is 5.91 Å². The topological polar surface area (TPSA) is 38.3 Å². The van der Waals surface area contributed by atoms with Gasteiger partial charge in [-0.3, -0.25) is 4.79 Å². The molecule has 1 atom stereocenters. The van der Waals surface area contributed by atoms with Crippen LogP contribution >= 0.6 is 0 Å². The molecule has 2 aromatic carbocycles. The molecule has 1 N–H and O–H groups in total. The Kier molecular flexibility index (Phi) is 4.49. The molecule has 0 radical (unpaired) electrons. The van der Waals surface area contributed by atoms with Crippen molar-refractivity contribution >= 4 is 5.91 Å². The van der Waals surface area contributed by atoms with E-state index in [4.69, 9.17) is 4.74 Å². The highest BCUT2D eigenvalue weighted by atomic mass is 16.5. The molecule has 0 spiro atoms. The van der Waals surface area contributed by atoms with Crippen LogP contribution in [0, 0.1) is 6.92 Å². The molecule has 1 aliphatic heterocycles. The van der Waals surface area contributed by atoms with Crippen LogP contribution in [0.1, 0.15) is 68.7 Å². The fourth-order valence-corrected chi connectivity index (χ4v) is 4.77. The third-order valence-corrected chi connectivity index (χ3v) is 6.15. The number of aryl methyl sites for hydroxylation is 1. The Hall–Kier alpha value is -2.29. The van der Waals surface area contributed by atoms with Gasteiger partial charge in [0.25, 0.3) is 0 Å². The lowest BCUT2D eigenvalue weighted by Crippen LogP contribution is -2.47. The number of benzene rings is 2. The molecule has 3 nitrogen and oxygen atoms in total. The number of ether oxygens (including phenoxy) is 1. The Labute approximate surface area is 162 Å². The third kappa shape index (κ3) is 3.36. The minimum absolute atomic E-state index is 0.0157. The molecule has 2 aromatic rings. The molecule has 0 bridgehead atoms. The summed E-state index contributed by atoms with van der Waals surface area (Å²) in [6.07, 6.45) is 4.85. The van der Waals surface area contributed by atoms with Crippen molar-refractivity contribution < 1.29 is 9.53 Å². The molecule has 4 rings (SSSR count). The third-order valence-electron chi connectivity index (χ3n) is 6.15. The van der Waals surface area contributed by atoms with E-state index in [1.54, 1.807) is 0 Å². The smallest absolute Gasteiger partial charge is 0.231 e. The number of rotatable bonds is 3. The van der Waals surface area contributed by atoms with Crippen LogP contribution in [0.5, 0.6) is 5.75 Å². The molecule has 2 aliphatic rings. The standard InChI is InChI=1S/C24H29NO2/c1-17-11-12-19-20(16-23(2,3)27-21(19)15-17)25-22(26)24(13-7-8-14-24)18-9-5-4-6-10-18/h4-6,9-12,15,20H,7-8,13-14,16H2,1-3H3,(H,25,26). The van der Waals surface area contributed by atoms with Crippen LogP contribution in [0.2, 0.25) is 0 Å². The summed E-state index contributed by atoms with van der Waals surface area (Å²) < 4.78 is 6.20. The summed E-state index contributed by atoms with van der Waals surface area (Å²) in [6.45, 7) is 6.27. The predicted octanol–water partition coefficient (Wildman–Crippen LogP) is 5.23. The van der Waals surface area contributed by atoms with Gasteiger partial charge in [0.15, 0.2) is 0 Å². The van der Waals surface area contributed by atoms with Crippen LogP contribution in [0.4, 0.5) is 0 Å². The van der Waals surface area contributed by atoms with Gasteiger partial charge in [-0.25, -0.2) is 0 Å². The number of hydrogen-bond donors (Lipinski definition) is 1. The largest absolute Gasteiger partial charge is 0.487 e. The van der Waals surface area contributed by atoms with E-state index in [2.05, 4.69) is 56.4 Å². The fraction of sp³-hybridized carbons (Fsp3) is 0.458. The Morgan fingerprint density at radius 2 is 1.78 bits per heavy atom. The highest BCUT2D eigenvalue weighted by Crippen LogP contribution is 2.44. The number of fused-ring (bicyclic) bond motifs is 1. The molecule has 1 heterocycles. The van der Waals surface area contributed by atoms with Crippen molar-refractivity contribution in [3.8, 4) is 5.75 Å². The van der Waals surface area contributed by atoms with E-state index >= 15 is 0 Å². The molecular formula is C24H29NO2. The van der Waals surface area contributed by atoms with Crippen molar-refractivity contribution in [2.75, 3.05) is 0 Å². The maximum Gasteiger partial charge on any atom is 0.231 e. The monoisotopic (exact) mass is 363 g/mol. The summed E-state index contributed by atoms with van der Waals surface area (Å²) in [6, 6.07) is 16.6. The normalized spacial score (nSPS) is 22.6. The highest BCUT2D eigenvalue weighted by molar-refractivity contribution is 5.89. The van der Waals surface area contributed by atoms with Gasteiger partial charge in [-0.05, 0) is 50.8 Å². The van der Waals surface area contributed by atoms with E-state index in [0.717, 1.165) is 49.0 Å². The lowest BCUT2D eigenvalue weighted by Gasteiger charge is -2.39. The Bertz CT molecular complexity index is 835. The van der Waals surface area contributed by atoms with Gasteiger partial charge in [0, 0.05) is 12.0 Å². The van der Waals surface area contributed by atoms with Crippen LogP contribution in [-0.2, 0) is 10.2 Å². The lowest BCUT2D eigenvalue weighted by atomic mass is 9.77. The minimum atomic E-state index is -0.394. The predicted molar refractivity (Wildman–Crippen MR) is 108 cm³/mol. The fourth-order valence-electron chi connectivity index (χ4n) is 4.77. The van der Waals surface area contributed by atoms with Gasteiger partial charge in [0.1, 0.15) is 11.4 Å². The second-order valence-electron chi connectivity index (χ2n) is 8.79. The molecule has 1 fully saturated rings. The SMILES string of the molecule is Cc1ccc2c(c1)OC(C)(C)CC2NC(=O)C1(c2ccccc2)CCCC1. The van der Waals surface area contributed by atoms with Crippen LogP contribution in [0.15, 0.2) is 48.5 Å². The summed E-state index contributed by atoms with van der Waals surface area (Å²) >= 11 is 0. The number of hydrogen-bond acceptors (Lipinski definition) is 2. The van der Waals surface area contributed by atoms with Gasteiger partial charge in [-0.2, -0.15) is 0 Å². The van der Waals surface area contributed by atoms with E-state index in [0.29, 0.717) is 0 Å². The molecule has 0 aromatic heterocycles. The molecule has 1 aliphatic carbocycles. The summed E-state index contributed by atoms with van der Waals surface area (Å²) in [7, 11) is 0. The number of nitrogens with one attached hydrogen (secondary N) is 1. The van der Waals surface area contributed by atoms with E-state index in [-0.39, 0.29) is 17.6 Å². The van der Waals surface area contributed by atoms with Crippen molar-refractivity contribution in [1.29, 1.82) is 0 Å². The molecular weight excluding hydrogens is 334 g/mol. The van der Waals surface area contributed by atoms with Crippen molar-refractivity contribution in [1.82, 2.24) is 5.32 Å². The van der Waals surface area contributed by atoms with Gasteiger partial charge in [0.05, 0.1) is 11.5 Å². The average molecular weight is 364 g/mol. The first-order valence-corrected chi connectivity index (χ1v) is 10.1. The maximum atomic E-state index is 13.6. The van der Waals surface area contributed by atoms with Crippen LogP contribution in [-0.4, -0.2) is 11.5 Å². The van der Waals surface area contributed by atoms with Crippen molar-refractivity contribution in [3.63, 3.8) is 0 Å². The summed E-state index contributed by atoms with van der Waals surface area (Å²) in [4.78, 5) is 13.6. The van der Waals surface area contributed by atoms with Gasteiger partial charge < -0.3 is 10.1 Å². The zero-order chi connectivity index (χ0) is 19.1. The molecule has 3 heteroatoms. The average Bonchev–Trinajstić information content (AvgIpc) is 3.12. The molecule has 1 unspecified atom stereocenters. The molecule has 27 heavy (non-hydrogen) atoms. The zero-order valence-electron chi connectivity index (χ0n) is 16.5. The Morgan fingerprint density at radius 3 is 2.48 bits per heavy atom. The molecule has 1 saturated carbocycles. The van der Waals surface area contributed by atoms with Crippen molar-refractivity contribution in [3.05, 3.63) is 65.2 Å². The summed E-state index contributed by atoms with van der Waals surface area (Å²) in [5, 5.41) is 3.41.